The molecule has 6 heteroatoms. The van der Waals surface area contributed by atoms with Crippen LogP contribution in [0.3, 0.4) is 0 Å². The van der Waals surface area contributed by atoms with E-state index in [1.165, 1.54) is 0 Å². The summed E-state index contributed by atoms with van der Waals surface area (Å²) in [5, 5.41) is 18.8. The zero-order valence-corrected chi connectivity index (χ0v) is 17.6. The first-order chi connectivity index (χ1) is 14.7. The van der Waals surface area contributed by atoms with E-state index in [0.717, 1.165) is 44.9 Å². The Kier molecular flexibility index (Phi) is 5.82. The van der Waals surface area contributed by atoms with Gasteiger partial charge in [-0.1, -0.05) is 48.2 Å². The van der Waals surface area contributed by atoms with Crippen molar-refractivity contribution in [1.29, 1.82) is 5.26 Å². The van der Waals surface area contributed by atoms with Crippen LogP contribution in [-0.2, 0) is 5.75 Å². The Labute approximate surface area is 180 Å². The van der Waals surface area contributed by atoms with Gasteiger partial charge in [0.05, 0.1) is 18.7 Å². The Balaban J connectivity index is 1.72. The number of thioether (sulfide) groups is 1. The van der Waals surface area contributed by atoms with Crippen LogP contribution in [0.4, 0.5) is 0 Å². The molecule has 0 amide bonds. The van der Waals surface area contributed by atoms with Gasteiger partial charge in [0.25, 0.3) is 0 Å². The quantitative estimate of drug-likeness (QED) is 0.396. The Hall–Kier alpha value is -3.56. The smallest absolute Gasteiger partial charge is 0.196 e. The van der Waals surface area contributed by atoms with E-state index >= 15 is 0 Å². The van der Waals surface area contributed by atoms with Crippen LogP contribution in [0.2, 0.25) is 0 Å². The molecular formula is C24H20N4OS. The van der Waals surface area contributed by atoms with E-state index in [1.54, 1.807) is 18.9 Å². The summed E-state index contributed by atoms with van der Waals surface area (Å²) in [7, 11) is 1.66. The third kappa shape index (κ3) is 4.07. The molecule has 1 heterocycles. The lowest BCUT2D eigenvalue weighted by Gasteiger charge is -2.12. The minimum absolute atomic E-state index is 0.659. The second kappa shape index (κ2) is 8.85. The first-order valence-corrected chi connectivity index (χ1v) is 10.5. The number of ether oxygens (including phenoxy) is 1. The summed E-state index contributed by atoms with van der Waals surface area (Å²) in [5.41, 5.74) is 4.95. The normalized spacial score (nSPS) is 10.6. The van der Waals surface area contributed by atoms with Gasteiger partial charge in [0.15, 0.2) is 11.0 Å². The number of methoxy groups -OCH3 is 1. The number of rotatable bonds is 6. The number of nitrogens with zero attached hydrogens (tertiary/aromatic N) is 4. The molecule has 4 rings (SSSR count). The Bertz CT molecular complexity index is 1190. The van der Waals surface area contributed by atoms with Crippen molar-refractivity contribution in [2.24, 2.45) is 0 Å². The van der Waals surface area contributed by atoms with Gasteiger partial charge in [0.1, 0.15) is 5.75 Å². The van der Waals surface area contributed by atoms with Crippen LogP contribution < -0.4 is 4.74 Å². The van der Waals surface area contributed by atoms with E-state index in [2.05, 4.69) is 39.9 Å². The highest BCUT2D eigenvalue weighted by atomic mass is 32.2. The van der Waals surface area contributed by atoms with Crippen molar-refractivity contribution in [2.45, 2.75) is 17.8 Å². The van der Waals surface area contributed by atoms with Gasteiger partial charge < -0.3 is 4.74 Å². The highest BCUT2D eigenvalue weighted by Gasteiger charge is 2.17. The van der Waals surface area contributed by atoms with Gasteiger partial charge in [-0.25, -0.2) is 0 Å². The Morgan fingerprint density at radius 1 is 0.967 bits per heavy atom. The fraction of sp³-hybridized carbons (Fsp3) is 0.125. The molecule has 148 valence electrons. The number of benzene rings is 3. The van der Waals surface area contributed by atoms with E-state index < -0.39 is 0 Å². The summed E-state index contributed by atoms with van der Waals surface area (Å²) >= 11 is 1.61. The van der Waals surface area contributed by atoms with Crippen LogP contribution in [0.15, 0.2) is 78.0 Å². The number of aromatic nitrogens is 3. The number of hydrogen-bond acceptors (Lipinski definition) is 5. The molecular weight excluding hydrogens is 392 g/mol. The largest absolute Gasteiger partial charge is 0.497 e. The molecule has 0 aliphatic heterocycles. The fourth-order valence-corrected chi connectivity index (χ4v) is 4.06. The molecule has 0 fully saturated rings. The highest BCUT2D eigenvalue weighted by molar-refractivity contribution is 7.98. The van der Waals surface area contributed by atoms with E-state index in [-0.39, 0.29) is 0 Å². The fourth-order valence-electron chi connectivity index (χ4n) is 3.15. The highest BCUT2D eigenvalue weighted by Crippen LogP contribution is 2.31. The standard InChI is InChI=1S/C24H20N4OS/c1-17-5-3-4-6-22(17)23-26-27-24(28(23)20-11-13-21(29-2)14-12-20)30-16-19-9-7-18(15-25)8-10-19/h3-14H,16H2,1-2H3. The lowest BCUT2D eigenvalue weighted by atomic mass is 10.1. The van der Waals surface area contributed by atoms with Gasteiger partial charge in [0, 0.05) is 17.0 Å². The average molecular weight is 413 g/mol. The van der Waals surface area contributed by atoms with Gasteiger partial charge in [0.2, 0.25) is 0 Å². The molecule has 0 atom stereocenters. The Morgan fingerprint density at radius 3 is 2.37 bits per heavy atom. The van der Waals surface area contributed by atoms with Crippen molar-refractivity contribution < 1.29 is 4.74 Å². The van der Waals surface area contributed by atoms with Crippen LogP contribution >= 0.6 is 11.8 Å². The summed E-state index contributed by atoms with van der Waals surface area (Å²) in [6.45, 7) is 2.08. The second-order valence-corrected chi connectivity index (χ2v) is 7.69. The molecule has 0 aliphatic rings. The molecule has 0 unspecified atom stereocenters. The van der Waals surface area contributed by atoms with Gasteiger partial charge in [-0.3, -0.25) is 4.57 Å². The number of nitriles is 1. The second-order valence-electron chi connectivity index (χ2n) is 6.75. The zero-order chi connectivity index (χ0) is 20.9. The summed E-state index contributed by atoms with van der Waals surface area (Å²) in [6.07, 6.45) is 0. The molecule has 5 nitrogen and oxygen atoms in total. The van der Waals surface area contributed by atoms with Crippen LogP contribution in [0.5, 0.6) is 5.75 Å². The molecule has 0 radical (unpaired) electrons. The summed E-state index contributed by atoms with van der Waals surface area (Å²) < 4.78 is 7.39. The zero-order valence-electron chi connectivity index (χ0n) is 16.7. The Morgan fingerprint density at radius 2 is 1.70 bits per heavy atom. The van der Waals surface area contributed by atoms with Gasteiger partial charge in [-0.2, -0.15) is 5.26 Å². The molecule has 0 aliphatic carbocycles. The van der Waals surface area contributed by atoms with Crippen molar-refractivity contribution >= 4 is 11.8 Å². The summed E-state index contributed by atoms with van der Waals surface area (Å²) in [4.78, 5) is 0. The van der Waals surface area contributed by atoms with E-state index in [0.29, 0.717) is 5.56 Å². The van der Waals surface area contributed by atoms with Crippen LogP contribution in [0.25, 0.3) is 17.1 Å². The first kappa shape index (κ1) is 19.7. The first-order valence-electron chi connectivity index (χ1n) is 9.47. The average Bonchev–Trinajstić information content (AvgIpc) is 3.22. The van der Waals surface area contributed by atoms with Crippen molar-refractivity contribution in [3.8, 4) is 28.9 Å². The molecule has 4 aromatic rings. The minimum atomic E-state index is 0.659. The summed E-state index contributed by atoms with van der Waals surface area (Å²) in [5.74, 6) is 2.34. The molecule has 0 N–H and O–H groups in total. The SMILES string of the molecule is COc1ccc(-n2c(SCc3ccc(C#N)cc3)nnc2-c2ccccc2C)cc1. The maximum absolute atomic E-state index is 8.98. The lowest BCUT2D eigenvalue weighted by molar-refractivity contribution is 0.414. The van der Waals surface area contributed by atoms with Gasteiger partial charge in [-0.05, 0) is 54.4 Å². The van der Waals surface area contributed by atoms with Crippen molar-refractivity contribution in [1.82, 2.24) is 14.8 Å². The molecule has 0 spiro atoms. The predicted octanol–water partition coefficient (Wildman–Crippen LogP) is 5.42. The van der Waals surface area contributed by atoms with Crippen molar-refractivity contribution in [2.75, 3.05) is 7.11 Å². The molecule has 1 aromatic heterocycles. The molecule has 0 saturated heterocycles. The lowest BCUT2D eigenvalue weighted by Crippen LogP contribution is -2.01. The minimum Gasteiger partial charge on any atom is -0.497 e. The number of aryl methyl sites for hydroxylation is 1. The van der Waals surface area contributed by atoms with Crippen LogP contribution in [0.1, 0.15) is 16.7 Å². The van der Waals surface area contributed by atoms with Crippen molar-refractivity contribution in [3.05, 3.63) is 89.5 Å². The van der Waals surface area contributed by atoms with Gasteiger partial charge >= 0.3 is 0 Å². The molecule has 0 saturated carbocycles. The monoisotopic (exact) mass is 412 g/mol. The van der Waals surface area contributed by atoms with Crippen LogP contribution in [-0.4, -0.2) is 21.9 Å². The van der Waals surface area contributed by atoms with Crippen LogP contribution in [0, 0.1) is 18.3 Å². The van der Waals surface area contributed by atoms with E-state index in [9.17, 15) is 0 Å². The maximum atomic E-state index is 8.98. The maximum Gasteiger partial charge on any atom is 0.196 e. The van der Waals surface area contributed by atoms with E-state index in [1.807, 2.05) is 60.7 Å². The predicted molar refractivity (Wildman–Crippen MR) is 119 cm³/mol. The number of hydrogen-bond donors (Lipinski definition) is 0. The molecule has 30 heavy (non-hydrogen) atoms. The van der Waals surface area contributed by atoms with E-state index in [4.69, 9.17) is 10.00 Å². The summed E-state index contributed by atoms with van der Waals surface area (Å²) in [6, 6.07) is 25.8. The third-order valence-electron chi connectivity index (χ3n) is 4.80. The third-order valence-corrected chi connectivity index (χ3v) is 5.80. The van der Waals surface area contributed by atoms with Gasteiger partial charge in [-0.15, -0.1) is 10.2 Å². The van der Waals surface area contributed by atoms with Crippen molar-refractivity contribution in [3.63, 3.8) is 0 Å². The topological polar surface area (TPSA) is 63.7 Å². The molecule has 3 aromatic carbocycles. The molecule has 0 bridgehead atoms.